The molecule has 0 aromatic rings. The van der Waals surface area contributed by atoms with Crippen LogP contribution >= 0.6 is 0 Å². The van der Waals surface area contributed by atoms with Gasteiger partial charge in [0.25, 0.3) is 0 Å². The van der Waals surface area contributed by atoms with Crippen LogP contribution in [0.2, 0.25) is 0 Å². The summed E-state index contributed by atoms with van der Waals surface area (Å²) in [5, 5.41) is 10.1. The monoisotopic (exact) mass is 302 g/mol. The number of aliphatic hydroxyl groups excluding tert-OH is 1. The second-order valence-electron chi connectivity index (χ2n) is 9.39. The summed E-state index contributed by atoms with van der Waals surface area (Å²) >= 11 is 0. The van der Waals surface area contributed by atoms with Gasteiger partial charge in [0.2, 0.25) is 0 Å². The zero-order chi connectivity index (χ0) is 15.5. The molecule has 0 amide bonds. The number of aliphatic hydroxyl groups is 1. The third-order valence-electron chi connectivity index (χ3n) is 8.83. The lowest BCUT2D eigenvalue weighted by Gasteiger charge is -2.60. The first kappa shape index (κ1) is 15.2. The van der Waals surface area contributed by atoms with Gasteiger partial charge in [0.05, 0.1) is 6.10 Å². The zero-order valence-corrected chi connectivity index (χ0v) is 14.8. The molecule has 4 rings (SSSR count). The molecule has 0 aliphatic heterocycles. The molecule has 0 aromatic carbocycles. The predicted molar refractivity (Wildman–Crippen MR) is 91.5 cm³/mol. The third-order valence-corrected chi connectivity index (χ3v) is 8.83. The number of hydrogen-bond donors (Lipinski definition) is 1. The van der Waals surface area contributed by atoms with Gasteiger partial charge in [-0.2, -0.15) is 0 Å². The second kappa shape index (κ2) is 5.10. The van der Waals surface area contributed by atoms with Crippen molar-refractivity contribution in [3.63, 3.8) is 0 Å². The van der Waals surface area contributed by atoms with Crippen LogP contribution in [0.5, 0.6) is 0 Å². The number of allylic oxidation sites excluding steroid dienone is 2. The van der Waals surface area contributed by atoms with Crippen LogP contribution in [0.25, 0.3) is 0 Å². The van der Waals surface area contributed by atoms with Gasteiger partial charge in [-0.25, -0.2) is 0 Å². The molecule has 22 heavy (non-hydrogen) atoms. The third kappa shape index (κ3) is 1.93. The molecule has 1 N–H and O–H groups in total. The van der Waals surface area contributed by atoms with Crippen LogP contribution in [-0.2, 0) is 0 Å². The summed E-state index contributed by atoms with van der Waals surface area (Å²) < 4.78 is 0. The first-order valence-electron chi connectivity index (χ1n) is 9.83. The van der Waals surface area contributed by atoms with Crippen molar-refractivity contribution in [2.24, 2.45) is 34.5 Å². The molecule has 4 saturated carbocycles. The molecule has 4 fully saturated rings. The quantitative estimate of drug-likeness (QED) is 0.599. The number of hydrogen-bond acceptors (Lipinski definition) is 1. The maximum atomic E-state index is 10.1. The van der Waals surface area contributed by atoms with E-state index in [4.69, 9.17) is 0 Å². The highest BCUT2D eigenvalue weighted by molar-refractivity contribution is 5.23. The minimum Gasteiger partial charge on any atom is -0.393 e. The molecule has 4 aliphatic rings. The Bertz CT molecular complexity index is 480. The second-order valence-corrected chi connectivity index (χ2v) is 9.39. The van der Waals surface area contributed by atoms with E-state index >= 15 is 0 Å². The summed E-state index contributed by atoms with van der Waals surface area (Å²) in [5.74, 6) is 3.65. The summed E-state index contributed by atoms with van der Waals surface area (Å²) in [4.78, 5) is 0. The molecule has 7 atom stereocenters. The molecular formula is C21H34O. The molecular weight excluding hydrogens is 268 g/mol. The van der Waals surface area contributed by atoms with Gasteiger partial charge in [-0.1, -0.05) is 25.5 Å². The fourth-order valence-electron chi connectivity index (χ4n) is 7.56. The molecule has 0 aromatic heterocycles. The fourth-order valence-corrected chi connectivity index (χ4v) is 7.56. The first-order valence-corrected chi connectivity index (χ1v) is 9.83. The van der Waals surface area contributed by atoms with Crippen molar-refractivity contribution in [2.45, 2.75) is 84.7 Å². The van der Waals surface area contributed by atoms with E-state index in [1.54, 1.807) is 5.57 Å². The summed E-state index contributed by atoms with van der Waals surface area (Å²) in [6.45, 7) is 7.43. The summed E-state index contributed by atoms with van der Waals surface area (Å²) in [6, 6.07) is 0. The maximum Gasteiger partial charge on any atom is 0.0543 e. The first-order chi connectivity index (χ1) is 10.5. The molecule has 0 heterocycles. The smallest absolute Gasteiger partial charge is 0.0543 e. The van der Waals surface area contributed by atoms with Crippen LogP contribution in [0.3, 0.4) is 0 Å². The van der Waals surface area contributed by atoms with Crippen LogP contribution in [0.1, 0.15) is 78.6 Å². The minimum absolute atomic E-state index is 0.00964. The molecule has 0 unspecified atom stereocenters. The van der Waals surface area contributed by atoms with Gasteiger partial charge in [0, 0.05) is 0 Å². The van der Waals surface area contributed by atoms with Gasteiger partial charge in [-0.15, -0.1) is 0 Å². The van der Waals surface area contributed by atoms with E-state index in [0.717, 1.165) is 36.5 Å². The van der Waals surface area contributed by atoms with Crippen LogP contribution in [-0.4, -0.2) is 11.2 Å². The van der Waals surface area contributed by atoms with Crippen molar-refractivity contribution in [2.75, 3.05) is 0 Å². The van der Waals surface area contributed by atoms with Gasteiger partial charge in [0.15, 0.2) is 0 Å². The normalized spacial score (nSPS) is 56.4. The van der Waals surface area contributed by atoms with Crippen LogP contribution in [0, 0.1) is 34.5 Å². The Morgan fingerprint density at radius 2 is 1.82 bits per heavy atom. The topological polar surface area (TPSA) is 20.2 Å². The van der Waals surface area contributed by atoms with Crippen LogP contribution in [0.15, 0.2) is 11.6 Å². The van der Waals surface area contributed by atoms with Gasteiger partial charge in [-0.3, -0.25) is 0 Å². The predicted octanol–water partition coefficient (Wildman–Crippen LogP) is 5.34. The van der Waals surface area contributed by atoms with E-state index in [1.807, 2.05) is 0 Å². The Kier molecular flexibility index (Phi) is 3.53. The molecule has 0 saturated heterocycles. The lowest BCUT2D eigenvalue weighted by atomic mass is 9.45. The van der Waals surface area contributed by atoms with Gasteiger partial charge in [0.1, 0.15) is 0 Å². The van der Waals surface area contributed by atoms with Gasteiger partial charge >= 0.3 is 0 Å². The van der Waals surface area contributed by atoms with Crippen molar-refractivity contribution in [1.29, 1.82) is 0 Å². The van der Waals surface area contributed by atoms with Crippen molar-refractivity contribution in [3.05, 3.63) is 11.6 Å². The highest BCUT2D eigenvalue weighted by Gasteiger charge is 2.58. The molecule has 1 nitrogen and oxygen atoms in total. The van der Waals surface area contributed by atoms with E-state index < -0.39 is 0 Å². The minimum atomic E-state index is -0.00964. The average molecular weight is 303 g/mol. The summed E-state index contributed by atoms with van der Waals surface area (Å²) in [7, 11) is 0. The molecule has 0 radical (unpaired) electrons. The van der Waals surface area contributed by atoms with E-state index in [9.17, 15) is 5.11 Å². The molecule has 4 aliphatic carbocycles. The largest absolute Gasteiger partial charge is 0.393 e. The zero-order valence-electron chi connectivity index (χ0n) is 14.8. The van der Waals surface area contributed by atoms with Crippen LogP contribution < -0.4 is 0 Å². The van der Waals surface area contributed by atoms with Crippen molar-refractivity contribution >= 4 is 0 Å². The molecule has 0 bridgehead atoms. The Labute approximate surface area is 136 Å². The molecule has 1 heteroatoms. The van der Waals surface area contributed by atoms with Crippen LogP contribution in [0.4, 0.5) is 0 Å². The SMILES string of the molecule is CC=C1CC[C@H]2[C@@H]3CC[C@@H]4C[C@@H](O)CC[C@]4(C)[C@H]3CC[C@]12C. The van der Waals surface area contributed by atoms with Gasteiger partial charge in [-0.05, 0) is 99.2 Å². The van der Waals surface area contributed by atoms with Crippen molar-refractivity contribution in [1.82, 2.24) is 0 Å². The van der Waals surface area contributed by atoms with E-state index in [2.05, 4.69) is 26.8 Å². The number of fused-ring (bicyclic) bond motifs is 5. The Hall–Kier alpha value is -0.300. The van der Waals surface area contributed by atoms with Crippen molar-refractivity contribution < 1.29 is 5.11 Å². The van der Waals surface area contributed by atoms with Crippen molar-refractivity contribution in [3.8, 4) is 0 Å². The lowest BCUT2D eigenvalue weighted by molar-refractivity contribution is -0.116. The standard InChI is InChI=1S/C21H34O/c1-4-14-6-8-18-17-7-5-15-13-16(22)9-11-21(15,3)19(17)10-12-20(14,18)2/h4,15-19,22H,5-13H2,1-3H3/t15-,16+,17+,18+,19+,20-,21+/m1/s1. The lowest BCUT2D eigenvalue weighted by Crippen LogP contribution is -2.53. The Morgan fingerprint density at radius 1 is 1.00 bits per heavy atom. The highest BCUT2D eigenvalue weighted by Crippen LogP contribution is 2.67. The van der Waals surface area contributed by atoms with E-state index in [1.165, 1.54) is 44.9 Å². The fraction of sp³-hybridized carbons (Fsp3) is 0.905. The van der Waals surface area contributed by atoms with Gasteiger partial charge < -0.3 is 5.11 Å². The highest BCUT2D eigenvalue weighted by atomic mass is 16.3. The summed E-state index contributed by atoms with van der Waals surface area (Å²) in [6.07, 6.45) is 14.3. The van der Waals surface area contributed by atoms with E-state index in [-0.39, 0.29) is 6.10 Å². The summed E-state index contributed by atoms with van der Waals surface area (Å²) in [5.41, 5.74) is 2.82. The molecule has 0 spiro atoms. The number of rotatable bonds is 0. The van der Waals surface area contributed by atoms with E-state index in [0.29, 0.717) is 10.8 Å². The molecule has 124 valence electrons. The Balaban J connectivity index is 1.63. The Morgan fingerprint density at radius 3 is 2.59 bits per heavy atom. The average Bonchev–Trinajstić information content (AvgIpc) is 2.84. The maximum absolute atomic E-state index is 10.1.